The zero-order valence-electron chi connectivity index (χ0n) is 11.2. The number of nitro benzene ring substituents is 1. The second kappa shape index (κ2) is 5.45. The first-order chi connectivity index (χ1) is 10.1. The lowest BCUT2D eigenvalue weighted by molar-refractivity contribution is -0.384. The highest BCUT2D eigenvalue weighted by molar-refractivity contribution is 5.61. The van der Waals surface area contributed by atoms with E-state index in [-0.39, 0.29) is 17.3 Å². The van der Waals surface area contributed by atoms with Gasteiger partial charge in [-0.1, -0.05) is 12.1 Å². The van der Waals surface area contributed by atoms with Crippen molar-refractivity contribution in [1.29, 1.82) is 0 Å². The van der Waals surface area contributed by atoms with Crippen molar-refractivity contribution in [2.75, 3.05) is 13.1 Å². The first kappa shape index (κ1) is 13.4. The quantitative estimate of drug-likeness (QED) is 0.679. The third kappa shape index (κ3) is 2.68. The third-order valence-corrected chi connectivity index (χ3v) is 3.56. The summed E-state index contributed by atoms with van der Waals surface area (Å²) in [4.78, 5) is 22.3. The molecule has 108 valence electrons. The number of benzene rings is 1. The standard InChI is InChI=1S/C14H14N4O3/c19-14-5-4-13(16-17(14)12-6-7-15-9-12)10-2-1-3-11(8-10)18(20)21/h1-5,8,12,15H,6-7,9H2. The summed E-state index contributed by atoms with van der Waals surface area (Å²) < 4.78 is 1.47. The molecule has 1 aliphatic heterocycles. The number of nitrogens with zero attached hydrogens (tertiary/aromatic N) is 3. The minimum Gasteiger partial charge on any atom is -0.315 e. The van der Waals surface area contributed by atoms with Gasteiger partial charge >= 0.3 is 0 Å². The predicted molar refractivity (Wildman–Crippen MR) is 77.1 cm³/mol. The number of nitrogens with one attached hydrogen (secondary N) is 1. The van der Waals surface area contributed by atoms with Crippen LogP contribution in [0.1, 0.15) is 12.5 Å². The van der Waals surface area contributed by atoms with Crippen LogP contribution < -0.4 is 10.9 Å². The summed E-state index contributed by atoms with van der Waals surface area (Å²) in [6.07, 6.45) is 0.852. The number of hydrogen-bond donors (Lipinski definition) is 1. The summed E-state index contributed by atoms with van der Waals surface area (Å²) in [5, 5.41) is 18.4. The maximum absolute atomic E-state index is 11.9. The van der Waals surface area contributed by atoms with Gasteiger partial charge in [-0.15, -0.1) is 0 Å². The normalized spacial score (nSPS) is 17.8. The number of non-ortho nitro benzene ring substituents is 1. The van der Waals surface area contributed by atoms with Crippen LogP contribution in [0.25, 0.3) is 11.3 Å². The van der Waals surface area contributed by atoms with Crippen molar-refractivity contribution in [1.82, 2.24) is 15.1 Å². The van der Waals surface area contributed by atoms with Crippen molar-refractivity contribution in [3.63, 3.8) is 0 Å². The Balaban J connectivity index is 2.03. The topological polar surface area (TPSA) is 90.1 Å². The fourth-order valence-electron chi connectivity index (χ4n) is 2.47. The SMILES string of the molecule is O=c1ccc(-c2cccc([N+](=O)[O-])c2)nn1C1CCNC1. The van der Waals surface area contributed by atoms with Gasteiger partial charge in [0.2, 0.25) is 0 Å². The fourth-order valence-corrected chi connectivity index (χ4v) is 2.47. The van der Waals surface area contributed by atoms with E-state index in [0.717, 1.165) is 13.0 Å². The minimum atomic E-state index is -0.444. The minimum absolute atomic E-state index is 0.00887. The smallest absolute Gasteiger partial charge is 0.270 e. The molecule has 1 N–H and O–H groups in total. The summed E-state index contributed by atoms with van der Waals surface area (Å²) in [5.41, 5.74) is 1.04. The third-order valence-electron chi connectivity index (χ3n) is 3.56. The lowest BCUT2D eigenvalue weighted by Crippen LogP contribution is -2.28. The van der Waals surface area contributed by atoms with Crippen molar-refractivity contribution in [3.8, 4) is 11.3 Å². The Kier molecular flexibility index (Phi) is 3.49. The van der Waals surface area contributed by atoms with Crippen LogP contribution in [0.15, 0.2) is 41.2 Å². The van der Waals surface area contributed by atoms with Crippen molar-refractivity contribution in [2.45, 2.75) is 12.5 Å². The van der Waals surface area contributed by atoms with Gasteiger partial charge in [0.15, 0.2) is 0 Å². The Morgan fingerprint density at radius 1 is 1.33 bits per heavy atom. The second-order valence-electron chi connectivity index (χ2n) is 4.96. The molecule has 0 radical (unpaired) electrons. The van der Waals surface area contributed by atoms with E-state index in [4.69, 9.17) is 0 Å². The van der Waals surface area contributed by atoms with E-state index in [1.54, 1.807) is 18.2 Å². The van der Waals surface area contributed by atoms with E-state index in [1.807, 2.05) is 0 Å². The lowest BCUT2D eigenvalue weighted by Gasteiger charge is -2.12. The molecule has 0 aliphatic carbocycles. The maximum Gasteiger partial charge on any atom is 0.270 e. The van der Waals surface area contributed by atoms with Crippen molar-refractivity contribution >= 4 is 5.69 Å². The molecule has 1 fully saturated rings. The number of nitro groups is 1. The van der Waals surface area contributed by atoms with Gasteiger partial charge in [-0.2, -0.15) is 5.10 Å². The van der Waals surface area contributed by atoms with Gasteiger partial charge in [0.25, 0.3) is 11.2 Å². The van der Waals surface area contributed by atoms with Crippen LogP contribution in [-0.2, 0) is 0 Å². The maximum atomic E-state index is 11.9. The largest absolute Gasteiger partial charge is 0.315 e. The van der Waals surface area contributed by atoms with Crippen LogP contribution in [0, 0.1) is 10.1 Å². The van der Waals surface area contributed by atoms with E-state index in [9.17, 15) is 14.9 Å². The zero-order valence-corrected chi connectivity index (χ0v) is 11.2. The van der Waals surface area contributed by atoms with Gasteiger partial charge in [0.05, 0.1) is 16.7 Å². The van der Waals surface area contributed by atoms with Gasteiger partial charge in [-0.3, -0.25) is 14.9 Å². The van der Waals surface area contributed by atoms with Crippen LogP contribution in [-0.4, -0.2) is 27.8 Å². The summed E-state index contributed by atoms with van der Waals surface area (Å²) >= 11 is 0. The fraction of sp³-hybridized carbons (Fsp3) is 0.286. The molecule has 7 heteroatoms. The number of aromatic nitrogens is 2. The van der Waals surface area contributed by atoms with Crippen molar-refractivity contribution in [2.24, 2.45) is 0 Å². The first-order valence-electron chi connectivity index (χ1n) is 6.70. The molecule has 1 saturated heterocycles. The molecule has 2 aromatic rings. The van der Waals surface area contributed by atoms with Crippen molar-refractivity contribution < 1.29 is 4.92 Å². The van der Waals surface area contributed by atoms with Crippen molar-refractivity contribution in [3.05, 3.63) is 56.9 Å². The molecule has 1 unspecified atom stereocenters. The predicted octanol–water partition coefficient (Wildman–Crippen LogP) is 1.35. The molecule has 3 rings (SSSR count). The molecule has 1 aromatic heterocycles. The Bertz CT molecular complexity index is 735. The van der Waals surface area contributed by atoms with E-state index >= 15 is 0 Å². The highest BCUT2D eigenvalue weighted by atomic mass is 16.6. The van der Waals surface area contributed by atoms with Crippen LogP contribution in [0.4, 0.5) is 5.69 Å². The van der Waals surface area contributed by atoms with Crippen LogP contribution >= 0.6 is 0 Å². The first-order valence-corrected chi connectivity index (χ1v) is 6.70. The average Bonchev–Trinajstić information content (AvgIpc) is 3.02. The van der Waals surface area contributed by atoms with Gasteiger partial charge in [0.1, 0.15) is 0 Å². The molecule has 1 aliphatic rings. The molecule has 1 atom stereocenters. The van der Waals surface area contributed by atoms with Gasteiger partial charge in [0, 0.05) is 30.3 Å². The molecule has 0 bridgehead atoms. The van der Waals surface area contributed by atoms with E-state index in [1.165, 1.54) is 22.9 Å². The van der Waals surface area contributed by atoms with E-state index in [2.05, 4.69) is 10.4 Å². The lowest BCUT2D eigenvalue weighted by atomic mass is 10.1. The molecule has 0 saturated carbocycles. The van der Waals surface area contributed by atoms with Gasteiger partial charge in [-0.25, -0.2) is 4.68 Å². The molecule has 0 amide bonds. The highest BCUT2D eigenvalue weighted by Crippen LogP contribution is 2.22. The summed E-state index contributed by atoms with van der Waals surface area (Å²) in [6.45, 7) is 1.57. The summed E-state index contributed by atoms with van der Waals surface area (Å²) in [7, 11) is 0. The van der Waals surface area contributed by atoms with Gasteiger partial charge < -0.3 is 5.32 Å². The van der Waals surface area contributed by atoms with Crippen LogP contribution in [0.5, 0.6) is 0 Å². The Labute approximate surface area is 120 Å². The summed E-state index contributed by atoms with van der Waals surface area (Å²) in [6, 6.07) is 9.35. The Morgan fingerprint density at radius 3 is 2.90 bits per heavy atom. The molecule has 7 nitrogen and oxygen atoms in total. The molecule has 2 heterocycles. The van der Waals surface area contributed by atoms with Crippen LogP contribution in [0.2, 0.25) is 0 Å². The van der Waals surface area contributed by atoms with Gasteiger partial charge in [-0.05, 0) is 19.0 Å². The van der Waals surface area contributed by atoms with E-state index < -0.39 is 4.92 Å². The Morgan fingerprint density at radius 2 is 2.19 bits per heavy atom. The van der Waals surface area contributed by atoms with Crippen LogP contribution in [0.3, 0.4) is 0 Å². The highest BCUT2D eigenvalue weighted by Gasteiger charge is 2.19. The zero-order chi connectivity index (χ0) is 14.8. The second-order valence-corrected chi connectivity index (χ2v) is 4.96. The molecule has 1 aromatic carbocycles. The molecular formula is C14H14N4O3. The Hall–Kier alpha value is -2.54. The molecular weight excluding hydrogens is 272 g/mol. The number of hydrogen-bond acceptors (Lipinski definition) is 5. The number of rotatable bonds is 3. The average molecular weight is 286 g/mol. The monoisotopic (exact) mass is 286 g/mol. The van der Waals surface area contributed by atoms with E-state index in [0.29, 0.717) is 17.8 Å². The molecule has 0 spiro atoms. The summed E-state index contributed by atoms with van der Waals surface area (Å²) in [5.74, 6) is 0. The molecule has 21 heavy (non-hydrogen) atoms.